The molecule has 1 heterocycles. The number of carbonyl (C=O) groups is 3. The molecule has 2 aromatic rings. The number of nitrogens with zero attached hydrogens (tertiary/aromatic N) is 1. The molecule has 0 radical (unpaired) electrons. The largest absolute Gasteiger partial charge is 0.325 e. The Bertz CT molecular complexity index is 929. The van der Waals surface area contributed by atoms with Crippen molar-refractivity contribution in [3.8, 4) is 0 Å². The molecular weight excluding hydrogens is 373 g/mol. The van der Waals surface area contributed by atoms with E-state index in [1.54, 1.807) is 12.1 Å². The Balaban J connectivity index is 1.81. The number of amides is 4. The number of nitrogens with one attached hydrogen (secondary N) is 2. The Labute approximate surface area is 169 Å². The van der Waals surface area contributed by atoms with E-state index in [1.807, 2.05) is 26.0 Å². The quantitative estimate of drug-likeness (QED) is 0.699. The fourth-order valence-electron chi connectivity index (χ4n) is 3.52. The summed E-state index contributed by atoms with van der Waals surface area (Å²) in [7, 11) is 0. The van der Waals surface area contributed by atoms with Gasteiger partial charge in [-0.2, -0.15) is 0 Å². The summed E-state index contributed by atoms with van der Waals surface area (Å²) in [5.74, 6) is -1.39. The predicted octanol–water partition coefficient (Wildman–Crippen LogP) is 3.71. The van der Waals surface area contributed by atoms with Crippen molar-refractivity contribution >= 4 is 23.5 Å². The fraction of sp³-hybridized carbons (Fsp3) is 0.318. The van der Waals surface area contributed by atoms with Gasteiger partial charge in [0.15, 0.2) is 0 Å². The number of halogens is 1. The molecule has 2 N–H and O–H groups in total. The van der Waals surface area contributed by atoms with E-state index in [0.29, 0.717) is 24.1 Å². The topological polar surface area (TPSA) is 78.5 Å². The van der Waals surface area contributed by atoms with Gasteiger partial charge in [-0.15, -0.1) is 0 Å². The highest BCUT2D eigenvalue weighted by Gasteiger charge is 2.52. The van der Waals surface area contributed by atoms with Crippen LogP contribution in [-0.2, 0) is 15.1 Å². The first-order valence-corrected chi connectivity index (χ1v) is 9.62. The third kappa shape index (κ3) is 4.29. The van der Waals surface area contributed by atoms with E-state index >= 15 is 0 Å². The van der Waals surface area contributed by atoms with Crippen LogP contribution in [0.15, 0.2) is 48.5 Å². The van der Waals surface area contributed by atoms with Crippen molar-refractivity contribution < 1.29 is 18.8 Å². The summed E-state index contributed by atoms with van der Waals surface area (Å²) in [5, 5.41) is 5.46. The summed E-state index contributed by atoms with van der Waals surface area (Å²) in [6, 6.07) is 12.1. The van der Waals surface area contributed by atoms with Crippen LogP contribution in [0.1, 0.15) is 37.3 Å². The Morgan fingerprint density at radius 3 is 2.55 bits per heavy atom. The second-order valence-electron chi connectivity index (χ2n) is 7.25. The van der Waals surface area contributed by atoms with Gasteiger partial charge in [0.25, 0.3) is 5.91 Å². The van der Waals surface area contributed by atoms with Gasteiger partial charge in [-0.1, -0.05) is 44.0 Å². The lowest BCUT2D eigenvalue weighted by Gasteiger charge is -2.27. The van der Waals surface area contributed by atoms with Crippen LogP contribution in [0.2, 0.25) is 0 Å². The lowest BCUT2D eigenvalue weighted by atomic mass is 9.85. The van der Waals surface area contributed by atoms with Gasteiger partial charge in [-0.05, 0) is 48.7 Å². The maximum Gasteiger partial charge on any atom is 0.325 e. The molecule has 0 saturated carbocycles. The molecule has 0 bridgehead atoms. The third-order valence-corrected chi connectivity index (χ3v) is 5.02. The molecule has 0 aliphatic carbocycles. The van der Waals surface area contributed by atoms with E-state index in [1.165, 1.54) is 24.3 Å². The number of rotatable bonds is 7. The van der Waals surface area contributed by atoms with E-state index in [4.69, 9.17) is 0 Å². The number of unbranched alkanes of at least 4 members (excludes halogenated alkanes) is 1. The average molecular weight is 397 g/mol. The third-order valence-electron chi connectivity index (χ3n) is 5.02. The summed E-state index contributed by atoms with van der Waals surface area (Å²) in [6.07, 6.45) is 1.88. The Morgan fingerprint density at radius 1 is 1.17 bits per heavy atom. The first kappa shape index (κ1) is 20.5. The van der Waals surface area contributed by atoms with E-state index in [0.717, 1.165) is 16.9 Å². The molecule has 1 aliphatic heterocycles. The first-order valence-electron chi connectivity index (χ1n) is 9.62. The SMILES string of the molecule is CCCC[C@@]1(c2ccc(F)cc2)NC(=O)N(CC(=O)Nc2cccc(C)c2)C1=O. The van der Waals surface area contributed by atoms with Crippen molar-refractivity contribution in [1.82, 2.24) is 10.2 Å². The van der Waals surface area contributed by atoms with Gasteiger partial charge in [0.05, 0.1) is 0 Å². The minimum atomic E-state index is -1.29. The van der Waals surface area contributed by atoms with Gasteiger partial charge in [0, 0.05) is 5.69 Å². The van der Waals surface area contributed by atoms with Crippen molar-refractivity contribution in [1.29, 1.82) is 0 Å². The maximum absolute atomic E-state index is 13.4. The number of aryl methyl sites for hydroxylation is 1. The van der Waals surface area contributed by atoms with Crippen LogP contribution >= 0.6 is 0 Å². The minimum Gasteiger partial charge on any atom is -0.325 e. The molecule has 4 amide bonds. The standard InChI is InChI=1S/C22H24FN3O3/c1-3-4-12-22(16-8-10-17(23)11-9-16)20(28)26(21(29)25-22)14-19(27)24-18-7-5-6-15(2)13-18/h5-11,13H,3-4,12,14H2,1-2H3,(H,24,27)(H,25,29)/t22-/m0/s1. The van der Waals surface area contributed by atoms with Gasteiger partial charge < -0.3 is 10.6 Å². The highest BCUT2D eigenvalue weighted by Crippen LogP contribution is 2.34. The Morgan fingerprint density at radius 2 is 1.90 bits per heavy atom. The summed E-state index contributed by atoms with van der Waals surface area (Å²) in [4.78, 5) is 39.2. The molecule has 1 atom stereocenters. The number of hydrogen-bond donors (Lipinski definition) is 2. The van der Waals surface area contributed by atoms with E-state index < -0.39 is 35.7 Å². The van der Waals surface area contributed by atoms with Crippen molar-refractivity contribution in [2.45, 2.75) is 38.6 Å². The molecule has 1 saturated heterocycles. The van der Waals surface area contributed by atoms with Crippen LogP contribution in [0.25, 0.3) is 0 Å². The zero-order valence-electron chi connectivity index (χ0n) is 16.5. The van der Waals surface area contributed by atoms with Crippen LogP contribution in [0, 0.1) is 12.7 Å². The monoisotopic (exact) mass is 397 g/mol. The molecule has 1 fully saturated rings. The molecule has 0 aromatic heterocycles. The van der Waals surface area contributed by atoms with Crippen LogP contribution in [0.4, 0.5) is 14.9 Å². The van der Waals surface area contributed by atoms with Gasteiger partial charge >= 0.3 is 6.03 Å². The Hall–Kier alpha value is -3.22. The molecular formula is C22H24FN3O3. The normalized spacial score (nSPS) is 18.7. The van der Waals surface area contributed by atoms with E-state index in [9.17, 15) is 18.8 Å². The molecule has 3 rings (SSSR count). The van der Waals surface area contributed by atoms with E-state index in [2.05, 4.69) is 10.6 Å². The number of hydrogen-bond acceptors (Lipinski definition) is 3. The van der Waals surface area contributed by atoms with Crippen molar-refractivity contribution in [3.63, 3.8) is 0 Å². The van der Waals surface area contributed by atoms with Crippen molar-refractivity contribution in [3.05, 3.63) is 65.5 Å². The number of anilines is 1. The molecule has 0 spiro atoms. The maximum atomic E-state index is 13.4. The lowest BCUT2D eigenvalue weighted by molar-refractivity contribution is -0.134. The van der Waals surface area contributed by atoms with Crippen LogP contribution in [0.3, 0.4) is 0 Å². The number of imide groups is 1. The summed E-state index contributed by atoms with van der Waals surface area (Å²) >= 11 is 0. The van der Waals surface area contributed by atoms with Crippen LogP contribution in [-0.4, -0.2) is 29.3 Å². The molecule has 7 heteroatoms. The molecule has 1 aliphatic rings. The molecule has 0 unspecified atom stereocenters. The number of benzene rings is 2. The second-order valence-corrected chi connectivity index (χ2v) is 7.25. The Kier molecular flexibility index (Phi) is 5.96. The van der Waals surface area contributed by atoms with Crippen LogP contribution < -0.4 is 10.6 Å². The van der Waals surface area contributed by atoms with Gasteiger partial charge in [0.1, 0.15) is 17.9 Å². The lowest BCUT2D eigenvalue weighted by Crippen LogP contribution is -2.44. The fourth-order valence-corrected chi connectivity index (χ4v) is 3.52. The van der Waals surface area contributed by atoms with Gasteiger partial charge in [0.2, 0.25) is 5.91 Å². The number of urea groups is 1. The molecule has 29 heavy (non-hydrogen) atoms. The summed E-state index contributed by atoms with van der Waals surface area (Å²) in [6.45, 7) is 3.48. The van der Waals surface area contributed by atoms with E-state index in [-0.39, 0.29) is 0 Å². The van der Waals surface area contributed by atoms with Gasteiger partial charge in [-0.3, -0.25) is 14.5 Å². The molecule has 152 valence electrons. The second kappa shape index (κ2) is 8.43. The summed E-state index contributed by atoms with van der Waals surface area (Å²) < 4.78 is 13.4. The number of carbonyl (C=O) groups excluding carboxylic acids is 3. The smallest absolute Gasteiger partial charge is 0.325 e. The van der Waals surface area contributed by atoms with Crippen molar-refractivity contribution in [2.75, 3.05) is 11.9 Å². The van der Waals surface area contributed by atoms with Crippen molar-refractivity contribution in [2.24, 2.45) is 0 Å². The minimum absolute atomic E-state index is 0.371. The average Bonchev–Trinajstić information content (AvgIpc) is 2.92. The van der Waals surface area contributed by atoms with Crippen LogP contribution in [0.5, 0.6) is 0 Å². The first-order chi connectivity index (χ1) is 13.9. The molecule has 2 aromatic carbocycles. The highest BCUT2D eigenvalue weighted by molar-refractivity contribution is 6.10. The highest BCUT2D eigenvalue weighted by atomic mass is 19.1. The summed E-state index contributed by atoms with van der Waals surface area (Å²) in [5.41, 5.74) is 0.794. The zero-order chi connectivity index (χ0) is 21.0. The molecule has 6 nitrogen and oxygen atoms in total. The predicted molar refractivity (Wildman–Crippen MR) is 108 cm³/mol. The van der Waals surface area contributed by atoms with Gasteiger partial charge in [-0.25, -0.2) is 9.18 Å². The zero-order valence-corrected chi connectivity index (χ0v) is 16.5.